The highest BCUT2D eigenvalue weighted by atomic mass is 16.4. The molecule has 0 bridgehead atoms. The lowest BCUT2D eigenvalue weighted by Crippen LogP contribution is -2.44. The zero-order chi connectivity index (χ0) is 13.5. The Morgan fingerprint density at radius 3 is 2.33 bits per heavy atom. The monoisotopic (exact) mass is 250 g/mol. The summed E-state index contributed by atoms with van der Waals surface area (Å²) in [4.78, 5) is 33.3. The topological polar surface area (TPSA) is 95.5 Å². The number of carbonyl (C=O) groups is 3. The predicted molar refractivity (Wildman–Crippen MR) is 64.9 cm³/mol. The zero-order valence-electron chi connectivity index (χ0n) is 9.84. The summed E-state index contributed by atoms with van der Waals surface area (Å²) in [5.41, 5.74) is 0.545. The van der Waals surface area contributed by atoms with E-state index in [0.717, 1.165) is 0 Å². The van der Waals surface area contributed by atoms with Crippen molar-refractivity contribution in [3.63, 3.8) is 0 Å². The molecule has 0 aromatic heterocycles. The molecular formula is C12H14N2O4. The molecule has 0 fully saturated rings. The summed E-state index contributed by atoms with van der Waals surface area (Å²) in [6, 6.07) is 7.52. The molecular weight excluding hydrogens is 236 g/mol. The highest BCUT2D eigenvalue weighted by molar-refractivity contribution is 5.98. The molecule has 6 nitrogen and oxygen atoms in total. The van der Waals surface area contributed by atoms with Crippen LogP contribution in [-0.2, 0) is 14.4 Å². The number of carbonyl (C=O) groups excluding carboxylic acids is 2. The first-order valence-electron chi connectivity index (χ1n) is 5.34. The Kier molecular flexibility index (Phi) is 4.86. The second kappa shape index (κ2) is 6.39. The fourth-order valence-electron chi connectivity index (χ4n) is 1.38. The lowest BCUT2D eigenvalue weighted by molar-refractivity contribution is -0.139. The lowest BCUT2D eigenvalue weighted by atomic mass is 10.2. The standard InChI is InChI=1S/C12H14N2O4/c1-8(15)13-10(7-11(16)17)12(18)14-9-5-3-2-4-6-9/h2-6,10H,7H2,1H3,(H,13,15)(H,14,18)(H,16,17)/t10-/m0/s1. The average Bonchev–Trinajstić information content (AvgIpc) is 2.28. The van der Waals surface area contributed by atoms with Gasteiger partial charge in [-0.2, -0.15) is 0 Å². The average molecular weight is 250 g/mol. The molecule has 0 spiro atoms. The zero-order valence-corrected chi connectivity index (χ0v) is 9.84. The Labute approximate surface area is 104 Å². The Morgan fingerprint density at radius 2 is 1.83 bits per heavy atom. The van der Waals surface area contributed by atoms with E-state index in [1.54, 1.807) is 30.3 Å². The molecule has 1 aromatic carbocycles. The summed E-state index contributed by atoms with van der Waals surface area (Å²) in [5, 5.41) is 13.5. The number of para-hydroxylation sites is 1. The molecule has 0 saturated carbocycles. The van der Waals surface area contributed by atoms with E-state index < -0.39 is 30.2 Å². The van der Waals surface area contributed by atoms with Crippen molar-refractivity contribution in [1.29, 1.82) is 0 Å². The summed E-state index contributed by atoms with van der Waals surface area (Å²) in [5.74, 6) is -2.17. The van der Waals surface area contributed by atoms with Crippen molar-refractivity contribution in [1.82, 2.24) is 5.32 Å². The van der Waals surface area contributed by atoms with Crippen LogP contribution in [0.25, 0.3) is 0 Å². The molecule has 18 heavy (non-hydrogen) atoms. The van der Waals surface area contributed by atoms with Gasteiger partial charge in [0, 0.05) is 12.6 Å². The number of rotatable bonds is 5. The van der Waals surface area contributed by atoms with Gasteiger partial charge in [0.25, 0.3) is 0 Å². The number of carboxylic acids is 1. The smallest absolute Gasteiger partial charge is 0.305 e. The molecule has 0 unspecified atom stereocenters. The normalized spacial score (nSPS) is 11.4. The molecule has 3 N–H and O–H groups in total. The van der Waals surface area contributed by atoms with E-state index >= 15 is 0 Å². The molecule has 1 rings (SSSR count). The predicted octanol–water partition coefficient (Wildman–Crippen LogP) is 0.604. The van der Waals surface area contributed by atoms with Gasteiger partial charge < -0.3 is 15.7 Å². The van der Waals surface area contributed by atoms with E-state index in [9.17, 15) is 14.4 Å². The Morgan fingerprint density at radius 1 is 1.22 bits per heavy atom. The van der Waals surface area contributed by atoms with E-state index in [1.807, 2.05) is 0 Å². The van der Waals surface area contributed by atoms with Crippen molar-refractivity contribution >= 4 is 23.5 Å². The maximum absolute atomic E-state index is 11.8. The van der Waals surface area contributed by atoms with E-state index in [-0.39, 0.29) is 0 Å². The number of hydrogen-bond acceptors (Lipinski definition) is 3. The van der Waals surface area contributed by atoms with Gasteiger partial charge in [-0.1, -0.05) is 18.2 Å². The minimum absolute atomic E-state index is 0.454. The van der Waals surface area contributed by atoms with Crippen molar-refractivity contribution in [3.05, 3.63) is 30.3 Å². The van der Waals surface area contributed by atoms with Crippen LogP contribution in [0.2, 0.25) is 0 Å². The van der Waals surface area contributed by atoms with Crippen molar-refractivity contribution in [2.45, 2.75) is 19.4 Å². The third-order valence-electron chi connectivity index (χ3n) is 2.11. The van der Waals surface area contributed by atoms with Crippen LogP contribution in [0.3, 0.4) is 0 Å². The highest BCUT2D eigenvalue weighted by Crippen LogP contribution is 2.06. The number of benzene rings is 1. The van der Waals surface area contributed by atoms with Crippen LogP contribution in [0.15, 0.2) is 30.3 Å². The third-order valence-corrected chi connectivity index (χ3v) is 2.11. The molecule has 96 valence electrons. The first-order chi connectivity index (χ1) is 8.49. The van der Waals surface area contributed by atoms with E-state index in [2.05, 4.69) is 10.6 Å². The summed E-state index contributed by atoms with van der Waals surface area (Å²) >= 11 is 0. The van der Waals surface area contributed by atoms with Crippen LogP contribution in [-0.4, -0.2) is 28.9 Å². The van der Waals surface area contributed by atoms with E-state index in [4.69, 9.17) is 5.11 Å². The SMILES string of the molecule is CC(=O)N[C@@H](CC(=O)O)C(=O)Nc1ccccc1. The number of hydrogen-bond donors (Lipinski definition) is 3. The van der Waals surface area contributed by atoms with Crippen LogP contribution < -0.4 is 10.6 Å². The van der Waals surface area contributed by atoms with Gasteiger partial charge in [-0.05, 0) is 12.1 Å². The van der Waals surface area contributed by atoms with Gasteiger partial charge in [0.2, 0.25) is 11.8 Å². The molecule has 1 atom stereocenters. The summed E-state index contributed by atoms with van der Waals surface area (Å²) in [6.45, 7) is 1.23. The molecule has 0 radical (unpaired) electrons. The van der Waals surface area contributed by atoms with Crippen LogP contribution in [0, 0.1) is 0 Å². The van der Waals surface area contributed by atoms with Crippen molar-refractivity contribution in [3.8, 4) is 0 Å². The minimum Gasteiger partial charge on any atom is -0.481 e. The highest BCUT2D eigenvalue weighted by Gasteiger charge is 2.22. The van der Waals surface area contributed by atoms with Crippen molar-refractivity contribution < 1.29 is 19.5 Å². The van der Waals surface area contributed by atoms with Crippen LogP contribution in [0.5, 0.6) is 0 Å². The lowest BCUT2D eigenvalue weighted by Gasteiger charge is -2.15. The van der Waals surface area contributed by atoms with E-state index in [0.29, 0.717) is 5.69 Å². The molecule has 0 heterocycles. The largest absolute Gasteiger partial charge is 0.481 e. The number of aliphatic carboxylic acids is 1. The molecule has 2 amide bonds. The van der Waals surface area contributed by atoms with Gasteiger partial charge in [0.15, 0.2) is 0 Å². The van der Waals surface area contributed by atoms with Gasteiger partial charge in [-0.3, -0.25) is 14.4 Å². The fourth-order valence-corrected chi connectivity index (χ4v) is 1.38. The molecule has 0 aliphatic carbocycles. The summed E-state index contributed by atoms with van der Waals surface area (Å²) in [6.07, 6.45) is -0.460. The number of nitrogens with one attached hydrogen (secondary N) is 2. The third kappa shape index (κ3) is 4.65. The number of anilines is 1. The van der Waals surface area contributed by atoms with Gasteiger partial charge in [0.1, 0.15) is 6.04 Å². The van der Waals surface area contributed by atoms with Gasteiger partial charge >= 0.3 is 5.97 Å². The Balaban J connectivity index is 2.69. The van der Waals surface area contributed by atoms with Gasteiger partial charge in [-0.25, -0.2) is 0 Å². The maximum Gasteiger partial charge on any atom is 0.305 e. The Hall–Kier alpha value is -2.37. The van der Waals surface area contributed by atoms with E-state index in [1.165, 1.54) is 6.92 Å². The quantitative estimate of drug-likeness (QED) is 0.713. The fraction of sp³-hybridized carbons (Fsp3) is 0.250. The van der Waals surface area contributed by atoms with Crippen LogP contribution in [0.1, 0.15) is 13.3 Å². The van der Waals surface area contributed by atoms with Crippen molar-refractivity contribution in [2.24, 2.45) is 0 Å². The second-order valence-corrected chi connectivity index (χ2v) is 3.71. The minimum atomic E-state index is -1.16. The second-order valence-electron chi connectivity index (χ2n) is 3.71. The van der Waals surface area contributed by atoms with Crippen LogP contribution >= 0.6 is 0 Å². The molecule has 0 saturated heterocycles. The first kappa shape index (κ1) is 13.7. The summed E-state index contributed by atoms with van der Waals surface area (Å²) < 4.78 is 0. The number of amides is 2. The molecule has 0 aliphatic rings. The summed E-state index contributed by atoms with van der Waals surface area (Å²) in [7, 11) is 0. The molecule has 6 heteroatoms. The van der Waals surface area contributed by atoms with Crippen LogP contribution in [0.4, 0.5) is 5.69 Å². The Bertz CT molecular complexity index is 429. The number of carboxylic acid groups (broad SMARTS) is 1. The van der Waals surface area contributed by atoms with Gasteiger partial charge in [-0.15, -0.1) is 0 Å². The molecule has 1 aromatic rings. The van der Waals surface area contributed by atoms with Gasteiger partial charge in [0.05, 0.1) is 6.42 Å². The first-order valence-corrected chi connectivity index (χ1v) is 5.34. The molecule has 0 aliphatic heterocycles. The van der Waals surface area contributed by atoms with Crippen molar-refractivity contribution in [2.75, 3.05) is 5.32 Å². The maximum atomic E-state index is 11.8.